The molecule has 2 aliphatic rings. The van der Waals surface area contributed by atoms with Gasteiger partial charge in [0.05, 0.1) is 4.47 Å². The maximum absolute atomic E-state index is 10.6. The first-order chi connectivity index (χ1) is 10.2. The topological polar surface area (TPSA) is 35.5 Å². The quantitative estimate of drug-likeness (QED) is 0.632. The van der Waals surface area contributed by atoms with Crippen LogP contribution in [0.3, 0.4) is 0 Å². The van der Waals surface area contributed by atoms with Gasteiger partial charge >= 0.3 is 0 Å². The van der Waals surface area contributed by atoms with Crippen molar-refractivity contribution in [2.75, 3.05) is 26.2 Å². The molecule has 1 aromatic rings. The molecule has 0 aromatic heterocycles. The average Bonchev–Trinajstić information content (AvgIpc) is 2.99. The van der Waals surface area contributed by atoms with Crippen molar-refractivity contribution in [3.05, 3.63) is 26.6 Å². The lowest BCUT2D eigenvalue weighted by molar-refractivity contribution is 0.123. The molecule has 0 unspecified atom stereocenters. The SMILES string of the molecule is Cl.Cl.Oc1c(Br)cc(Br)cc1[C@H](C1CCCC1)N1CCNCC1. The lowest BCUT2D eigenvalue weighted by Crippen LogP contribution is -2.46. The molecule has 1 saturated heterocycles. The number of piperazine rings is 1. The van der Waals surface area contributed by atoms with Crippen LogP contribution in [-0.4, -0.2) is 36.2 Å². The first-order valence-corrected chi connectivity index (χ1v) is 9.38. The average molecular weight is 491 g/mol. The Morgan fingerprint density at radius 2 is 1.70 bits per heavy atom. The van der Waals surface area contributed by atoms with E-state index in [1.54, 1.807) is 0 Å². The number of aromatic hydroxyl groups is 1. The molecule has 1 atom stereocenters. The third kappa shape index (κ3) is 4.99. The number of phenolic OH excluding ortho intramolecular Hbond substituents is 1. The van der Waals surface area contributed by atoms with E-state index in [2.05, 4.69) is 48.1 Å². The summed E-state index contributed by atoms with van der Waals surface area (Å²) in [4.78, 5) is 2.56. The van der Waals surface area contributed by atoms with Gasteiger partial charge in [-0.1, -0.05) is 28.8 Å². The second kappa shape index (κ2) is 9.83. The third-order valence-electron chi connectivity index (χ3n) is 4.77. The number of nitrogens with one attached hydrogen (secondary N) is 1. The molecule has 1 aromatic carbocycles. The fourth-order valence-corrected chi connectivity index (χ4v) is 5.05. The van der Waals surface area contributed by atoms with E-state index in [-0.39, 0.29) is 24.8 Å². The van der Waals surface area contributed by atoms with Crippen LogP contribution < -0.4 is 5.32 Å². The van der Waals surface area contributed by atoms with Gasteiger partial charge in [-0.05, 0) is 46.8 Å². The van der Waals surface area contributed by atoms with Gasteiger partial charge < -0.3 is 10.4 Å². The van der Waals surface area contributed by atoms with E-state index in [9.17, 15) is 5.11 Å². The smallest absolute Gasteiger partial charge is 0.134 e. The normalized spacial score (nSPS) is 20.6. The number of phenols is 1. The summed E-state index contributed by atoms with van der Waals surface area (Å²) in [5, 5.41) is 14.0. The summed E-state index contributed by atoms with van der Waals surface area (Å²) in [6.07, 6.45) is 5.20. The second-order valence-electron chi connectivity index (χ2n) is 6.10. The van der Waals surface area contributed by atoms with Gasteiger partial charge in [-0.25, -0.2) is 0 Å². The molecule has 0 spiro atoms. The van der Waals surface area contributed by atoms with Crippen molar-refractivity contribution >= 4 is 56.7 Å². The summed E-state index contributed by atoms with van der Waals surface area (Å²) in [5.74, 6) is 1.07. The fourth-order valence-electron chi connectivity index (χ4n) is 3.79. The Labute approximate surface area is 167 Å². The predicted molar refractivity (Wildman–Crippen MR) is 107 cm³/mol. The van der Waals surface area contributed by atoms with Crippen LogP contribution in [0.1, 0.15) is 37.3 Å². The van der Waals surface area contributed by atoms with Crippen molar-refractivity contribution in [3.8, 4) is 5.75 Å². The zero-order chi connectivity index (χ0) is 14.8. The van der Waals surface area contributed by atoms with Crippen LogP contribution in [0.25, 0.3) is 0 Å². The van der Waals surface area contributed by atoms with E-state index in [0.29, 0.717) is 17.7 Å². The van der Waals surface area contributed by atoms with Gasteiger partial charge in [0.1, 0.15) is 5.75 Å². The molecular weight excluding hydrogens is 467 g/mol. The summed E-state index contributed by atoms with van der Waals surface area (Å²) in [7, 11) is 0. The lowest BCUT2D eigenvalue weighted by Gasteiger charge is -2.39. The van der Waals surface area contributed by atoms with Gasteiger partial charge in [-0.2, -0.15) is 0 Å². The van der Waals surface area contributed by atoms with Gasteiger partial charge in [-0.15, -0.1) is 24.8 Å². The molecular formula is C16H24Br2Cl2N2O. The van der Waals surface area contributed by atoms with Crippen molar-refractivity contribution < 1.29 is 5.11 Å². The minimum atomic E-state index is 0. The van der Waals surface area contributed by atoms with E-state index in [1.807, 2.05) is 6.07 Å². The van der Waals surface area contributed by atoms with Crippen LogP contribution in [0, 0.1) is 5.92 Å². The number of benzene rings is 1. The Morgan fingerprint density at radius 1 is 1.09 bits per heavy atom. The van der Waals surface area contributed by atoms with Crippen molar-refractivity contribution in [1.29, 1.82) is 0 Å². The fraction of sp³-hybridized carbons (Fsp3) is 0.625. The number of hydrogen-bond acceptors (Lipinski definition) is 3. The Balaban J connectivity index is 0.00000132. The van der Waals surface area contributed by atoms with Crippen LogP contribution in [0.15, 0.2) is 21.1 Å². The second-order valence-corrected chi connectivity index (χ2v) is 7.87. The molecule has 1 saturated carbocycles. The van der Waals surface area contributed by atoms with Gasteiger partial charge in [0.25, 0.3) is 0 Å². The highest BCUT2D eigenvalue weighted by Crippen LogP contribution is 2.45. The van der Waals surface area contributed by atoms with Crippen molar-refractivity contribution in [2.45, 2.75) is 31.7 Å². The zero-order valence-electron chi connectivity index (χ0n) is 12.9. The summed E-state index contributed by atoms with van der Waals surface area (Å²) in [5.41, 5.74) is 1.07. The number of rotatable bonds is 3. The summed E-state index contributed by atoms with van der Waals surface area (Å²) in [6, 6.07) is 4.36. The van der Waals surface area contributed by atoms with Gasteiger partial charge in [0, 0.05) is 42.3 Å². The van der Waals surface area contributed by atoms with Crippen LogP contribution >= 0.6 is 56.7 Å². The molecule has 2 N–H and O–H groups in total. The summed E-state index contributed by atoms with van der Waals surface area (Å²) in [6.45, 7) is 4.20. The summed E-state index contributed by atoms with van der Waals surface area (Å²) < 4.78 is 1.81. The van der Waals surface area contributed by atoms with Crippen LogP contribution in [0.2, 0.25) is 0 Å². The molecule has 2 fully saturated rings. The van der Waals surface area contributed by atoms with Crippen molar-refractivity contribution in [2.24, 2.45) is 5.92 Å². The number of nitrogens with zero attached hydrogens (tertiary/aromatic N) is 1. The Kier molecular flexibility index (Phi) is 9.20. The van der Waals surface area contributed by atoms with Crippen LogP contribution in [0.5, 0.6) is 5.75 Å². The van der Waals surface area contributed by atoms with Gasteiger partial charge in [0.2, 0.25) is 0 Å². The van der Waals surface area contributed by atoms with Crippen LogP contribution in [0.4, 0.5) is 0 Å². The molecule has 132 valence electrons. The monoisotopic (exact) mass is 488 g/mol. The molecule has 3 nitrogen and oxygen atoms in total. The van der Waals surface area contributed by atoms with E-state index in [0.717, 1.165) is 40.7 Å². The lowest BCUT2D eigenvalue weighted by atomic mass is 9.89. The Bertz CT molecular complexity index is 507. The molecule has 1 aliphatic carbocycles. The van der Waals surface area contributed by atoms with Gasteiger partial charge in [-0.3, -0.25) is 4.90 Å². The van der Waals surface area contributed by atoms with E-state index >= 15 is 0 Å². The van der Waals surface area contributed by atoms with Crippen LogP contribution in [-0.2, 0) is 0 Å². The Hall–Kier alpha value is 0.480. The number of hydrogen-bond donors (Lipinski definition) is 2. The molecule has 7 heteroatoms. The van der Waals surface area contributed by atoms with E-state index in [1.165, 1.54) is 25.7 Å². The maximum Gasteiger partial charge on any atom is 0.134 e. The maximum atomic E-state index is 10.6. The highest BCUT2D eigenvalue weighted by atomic mass is 79.9. The largest absolute Gasteiger partial charge is 0.506 e. The van der Waals surface area contributed by atoms with Gasteiger partial charge in [0.15, 0.2) is 0 Å². The predicted octanol–water partition coefficient (Wildman–Crippen LogP) is 4.90. The molecule has 23 heavy (non-hydrogen) atoms. The standard InChI is InChI=1S/C16H22Br2N2O.2ClH/c17-12-9-13(16(21)14(18)10-12)15(11-3-1-2-4-11)20-7-5-19-6-8-20;;/h9-11,15,19,21H,1-8H2;2*1H/t15-;;/m0../s1. The van der Waals surface area contributed by atoms with E-state index < -0.39 is 0 Å². The first kappa shape index (κ1) is 21.5. The molecule has 0 amide bonds. The molecule has 1 heterocycles. The molecule has 0 radical (unpaired) electrons. The number of halogens is 4. The Morgan fingerprint density at radius 3 is 2.30 bits per heavy atom. The molecule has 1 aliphatic heterocycles. The zero-order valence-corrected chi connectivity index (χ0v) is 17.7. The third-order valence-corrected chi connectivity index (χ3v) is 5.83. The summed E-state index contributed by atoms with van der Waals surface area (Å²) >= 11 is 7.06. The minimum Gasteiger partial charge on any atom is -0.506 e. The highest BCUT2D eigenvalue weighted by Gasteiger charge is 2.34. The van der Waals surface area contributed by atoms with E-state index in [4.69, 9.17) is 0 Å². The van der Waals surface area contributed by atoms with Crippen molar-refractivity contribution in [3.63, 3.8) is 0 Å². The van der Waals surface area contributed by atoms with Crippen molar-refractivity contribution in [1.82, 2.24) is 10.2 Å². The molecule has 0 bridgehead atoms. The first-order valence-electron chi connectivity index (χ1n) is 7.79. The molecule has 3 rings (SSSR count). The minimum absolute atomic E-state index is 0. The highest BCUT2D eigenvalue weighted by molar-refractivity contribution is 9.11.